The molecule has 2 aromatic rings. The first-order chi connectivity index (χ1) is 10.5. The fourth-order valence-electron chi connectivity index (χ4n) is 2.24. The van der Waals surface area contributed by atoms with Gasteiger partial charge in [-0.25, -0.2) is 4.79 Å². The Morgan fingerprint density at radius 2 is 2.09 bits per heavy atom. The number of nitrogens with zero attached hydrogens (tertiary/aromatic N) is 3. The SMILES string of the molecule is CNc1c(/C=C/n2cc(C)s2)c(=O)n(CCCO)c(=O)n1C. The summed E-state index contributed by atoms with van der Waals surface area (Å²) in [5, 5.41) is 11.8. The molecule has 0 spiro atoms. The van der Waals surface area contributed by atoms with Crippen LogP contribution in [0.5, 0.6) is 0 Å². The summed E-state index contributed by atoms with van der Waals surface area (Å²) < 4.78 is 4.45. The van der Waals surface area contributed by atoms with Crippen molar-refractivity contribution in [2.45, 2.75) is 19.9 Å². The van der Waals surface area contributed by atoms with Crippen LogP contribution >= 0.6 is 11.5 Å². The maximum Gasteiger partial charge on any atom is 0.332 e. The van der Waals surface area contributed by atoms with Crippen molar-refractivity contribution in [3.8, 4) is 0 Å². The Kier molecular flexibility index (Phi) is 5.04. The Labute approximate surface area is 131 Å². The fraction of sp³-hybridized carbons (Fsp3) is 0.429. The van der Waals surface area contributed by atoms with Crippen LogP contribution in [0.25, 0.3) is 12.3 Å². The molecule has 2 heterocycles. The number of rotatable bonds is 6. The Balaban J connectivity index is 2.53. The molecule has 0 radical (unpaired) electrons. The predicted molar refractivity (Wildman–Crippen MR) is 89.5 cm³/mol. The van der Waals surface area contributed by atoms with Crippen LogP contribution in [0.1, 0.15) is 16.9 Å². The first-order valence-corrected chi connectivity index (χ1v) is 7.72. The monoisotopic (exact) mass is 324 g/mol. The van der Waals surface area contributed by atoms with E-state index in [1.165, 1.54) is 9.44 Å². The summed E-state index contributed by atoms with van der Waals surface area (Å²) in [5.41, 5.74) is -0.335. The van der Waals surface area contributed by atoms with Gasteiger partial charge in [0.05, 0.1) is 5.56 Å². The van der Waals surface area contributed by atoms with Gasteiger partial charge in [0, 0.05) is 44.5 Å². The summed E-state index contributed by atoms with van der Waals surface area (Å²) in [6, 6.07) is 0. The highest BCUT2D eigenvalue weighted by atomic mass is 32.1. The molecule has 2 aromatic heterocycles. The van der Waals surface area contributed by atoms with Gasteiger partial charge in [-0.05, 0) is 19.4 Å². The van der Waals surface area contributed by atoms with Gasteiger partial charge in [-0.15, -0.1) is 0 Å². The first kappa shape index (κ1) is 16.3. The van der Waals surface area contributed by atoms with Gasteiger partial charge < -0.3 is 10.4 Å². The standard InChI is InChI=1S/C14H20N4O3S/c1-10-9-17(22-10)7-5-11-12(15-2)16(3)14(21)18(13(11)20)6-4-8-19/h5,7,9,15,19H,4,6,8H2,1-3H3/b7-5+. The van der Waals surface area contributed by atoms with Crippen LogP contribution in [0.15, 0.2) is 15.8 Å². The molecule has 8 heteroatoms. The number of nitrogens with one attached hydrogen (secondary N) is 1. The van der Waals surface area contributed by atoms with Gasteiger partial charge >= 0.3 is 5.69 Å². The van der Waals surface area contributed by atoms with E-state index in [-0.39, 0.29) is 18.7 Å². The number of aromatic nitrogens is 3. The van der Waals surface area contributed by atoms with E-state index in [2.05, 4.69) is 5.32 Å². The Morgan fingerprint density at radius 3 is 2.64 bits per heavy atom. The van der Waals surface area contributed by atoms with Crippen molar-refractivity contribution in [1.82, 2.24) is 13.1 Å². The minimum atomic E-state index is -0.394. The van der Waals surface area contributed by atoms with E-state index in [9.17, 15) is 9.59 Å². The molecule has 0 unspecified atom stereocenters. The molecule has 7 nitrogen and oxygen atoms in total. The van der Waals surface area contributed by atoms with Gasteiger partial charge in [0.1, 0.15) is 5.82 Å². The third-order valence-electron chi connectivity index (χ3n) is 3.31. The van der Waals surface area contributed by atoms with E-state index < -0.39 is 5.69 Å². The largest absolute Gasteiger partial charge is 0.396 e. The molecule has 0 aliphatic rings. The molecule has 0 atom stereocenters. The van der Waals surface area contributed by atoms with Gasteiger partial charge in [0.25, 0.3) is 5.56 Å². The van der Waals surface area contributed by atoms with Gasteiger partial charge in [-0.3, -0.25) is 17.9 Å². The lowest BCUT2D eigenvalue weighted by Gasteiger charge is -2.14. The summed E-state index contributed by atoms with van der Waals surface area (Å²) in [4.78, 5) is 26.0. The summed E-state index contributed by atoms with van der Waals surface area (Å²) in [6.07, 6.45) is 5.79. The molecule has 22 heavy (non-hydrogen) atoms. The van der Waals surface area contributed by atoms with Crippen LogP contribution in [-0.4, -0.2) is 31.9 Å². The van der Waals surface area contributed by atoms with Crippen LogP contribution < -0.4 is 16.6 Å². The van der Waals surface area contributed by atoms with Crippen LogP contribution in [-0.2, 0) is 13.6 Å². The smallest absolute Gasteiger partial charge is 0.332 e. The molecule has 2 rings (SSSR count). The molecule has 0 saturated heterocycles. The molecular formula is C14H20N4O3S. The third kappa shape index (κ3) is 3.07. The van der Waals surface area contributed by atoms with Crippen molar-refractivity contribution in [2.75, 3.05) is 19.0 Å². The zero-order valence-corrected chi connectivity index (χ0v) is 13.7. The maximum atomic E-state index is 12.5. The van der Waals surface area contributed by atoms with Crippen molar-refractivity contribution >= 4 is 29.6 Å². The zero-order chi connectivity index (χ0) is 16.3. The molecule has 0 aliphatic carbocycles. The quantitative estimate of drug-likeness (QED) is 0.822. The van der Waals surface area contributed by atoms with Crippen LogP contribution in [0, 0.1) is 6.92 Å². The summed E-state index contributed by atoms with van der Waals surface area (Å²) in [5.74, 6) is 0.470. The molecular weight excluding hydrogens is 304 g/mol. The Morgan fingerprint density at radius 1 is 1.41 bits per heavy atom. The number of hydrogen-bond acceptors (Lipinski definition) is 5. The van der Waals surface area contributed by atoms with Crippen molar-refractivity contribution in [3.05, 3.63) is 37.5 Å². The van der Waals surface area contributed by atoms with Crippen LogP contribution in [0.2, 0.25) is 0 Å². The molecule has 0 aliphatic heterocycles. The van der Waals surface area contributed by atoms with Gasteiger partial charge in [-0.1, -0.05) is 11.5 Å². The highest BCUT2D eigenvalue weighted by Gasteiger charge is 2.14. The second-order valence-corrected chi connectivity index (χ2v) is 6.14. The molecule has 0 fully saturated rings. The second-order valence-electron chi connectivity index (χ2n) is 4.89. The van der Waals surface area contributed by atoms with Crippen LogP contribution in [0.4, 0.5) is 5.82 Å². The van der Waals surface area contributed by atoms with E-state index in [1.54, 1.807) is 37.9 Å². The number of aryl methyl sites for hydroxylation is 1. The highest BCUT2D eigenvalue weighted by Crippen LogP contribution is 2.15. The minimum absolute atomic E-state index is 0.0664. The van der Waals surface area contributed by atoms with E-state index in [1.807, 2.05) is 17.1 Å². The fourth-order valence-corrected chi connectivity index (χ4v) is 2.90. The normalized spacial score (nSPS) is 11.5. The lowest BCUT2D eigenvalue weighted by molar-refractivity contribution is 0.277. The van der Waals surface area contributed by atoms with Crippen molar-refractivity contribution in [2.24, 2.45) is 7.05 Å². The number of aliphatic hydroxyl groups excluding tert-OH is 1. The summed E-state index contributed by atoms with van der Waals surface area (Å²) in [7, 11) is 3.29. The van der Waals surface area contributed by atoms with E-state index in [0.29, 0.717) is 17.8 Å². The number of anilines is 1. The summed E-state index contributed by atoms with van der Waals surface area (Å²) in [6.45, 7) is 2.13. The summed E-state index contributed by atoms with van der Waals surface area (Å²) >= 11 is 1.57. The number of aliphatic hydroxyl groups is 1. The third-order valence-corrected chi connectivity index (χ3v) is 4.14. The topological polar surface area (TPSA) is 81.2 Å². The van der Waals surface area contributed by atoms with E-state index >= 15 is 0 Å². The zero-order valence-electron chi connectivity index (χ0n) is 12.9. The highest BCUT2D eigenvalue weighted by molar-refractivity contribution is 7.08. The van der Waals surface area contributed by atoms with Gasteiger partial charge in [-0.2, -0.15) is 0 Å². The predicted octanol–water partition coefficient (Wildman–Crippen LogP) is 0.770. The molecule has 0 saturated carbocycles. The average molecular weight is 324 g/mol. The Bertz CT molecular complexity index is 782. The van der Waals surface area contributed by atoms with E-state index in [4.69, 9.17) is 5.11 Å². The van der Waals surface area contributed by atoms with Gasteiger partial charge in [0.2, 0.25) is 0 Å². The lowest BCUT2D eigenvalue weighted by atomic mass is 10.2. The van der Waals surface area contributed by atoms with Gasteiger partial charge in [0.15, 0.2) is 0 Å². The van der Waals surface area contributed by atoms with E-state index in [0.717, 1.165) is 4.57 Å². The Hall–Kier alpha value is -2.06. The van der Waals surface area contributed by atoms with Crippen LogP contribution in [0.3, 0.4) is 0 Å². The average Bonchev–Trinajstić information content (AvgIpc) is 2.47. The van der Waals surface area contributed by atoms with Crippen molar-refractivity contribution in [1.29, 1.82) is 0 Å². The second kappa shape index (κ2) is 6.80. The first-order valence-electron chi connectivity index (χ1n) is 6.95. The molecule has 120 valence electrons. The molecule has 0 amide bonds. The maximum absolute atomic E-state index is 12.5. The minimum Gasteiger partial charge on any atom is -0.396 e. The lowest BCUT2D eigenvalue weighted by Crippen LogP contribution is -2.41. The van der Waals surface area contributed by atoms with Crippen molar-refractivity contribution in [3.63, 3.8) is 0 Å². The molecule has 0 aromatic carbocycles. The molecule has 0 bridgehead atoms. The number of hydrogen-bond donors (Lipinski definition) is 2. The van der Waals surface area contributed by atoms with Crippen molar-refractivity contribution < 1.29 is 5.11 Å². The molecule has 2 N–H and O–H groups in total.